The lowest BCUT2D eigenvalue weighted by molar-refractivity contribution is -0.118. The summed E-state index contributed by atoms with van der Waals surface area (Å²) in [6, 6.07) is 2.55. The molecule has 1 atom stereocenters. The number of benzene rings is 1. The van der Waals surface area contributed by atoms with Crippen LogP contribution in [0, 0.1) is 5.82 Å². The molecule has 0 heterocycles. The predicted octanol–water partition coefficient (Wildman–Crippen LogP) is -0.334. The average molecular weight is 213 g/mol. The van der Waals surface area contributed by atoms with Crippen molar-refractivity contribution in [3.05, 3.63) is 24.0 Å². The normalized spacial score (nSPS) is 12.2. The minimum absolute atomic E-state index is 0.105. The Balaban J connectivity index is 2.77. The summed E-state index contributed by atoms with van der Waals surface area (Å²) in [5.74, 6) is -1.06. The van der Waals surface area contributed by atoms with E-state index in [-0.39, 0.29) is 11.4 Å². The van der Waals surface area contributed by atoms with Gasteiger partial charge in [0.05, 0.1) is 18.0 Å². The van der Waals surface area contributed by atoms with Crippen LogP contribution in [-0.4, -0.2) is 23.7 Å². The molecule has 0 aliphatic carbocycles. The molecule has 0 aromatic heterocycles. The number of rotatable bonds is 3. The third kappa shape index (κ3) is 2.90. The standard InChI is InChI=1S/C9H12FN3O2/c10-5-1-2-8(6(11)3-5)13-9(15)7(12)4-14/h1-3,7,14H,4,11-12H2,(H,13,15). The summed E-state index contributed by atoms with van der Waals surface area (Å²) in [5, 5.41) is 11.0. The number of hydrogen-bond donors (Lipinski definition) is 4. The van der Waals surface area contributed by atoms with E-state index in [9.17, 15) is 9.18 Å². The van der Waals surface area contributed by atoms with Crippen LogP contribution in [0.3, 0.4) is 0 Å². The van der Waals surface area contributed by atoms with E-state index < -0.39 is 24.4 Å². The van der Waals surface area contributed by atoms with Crippen LogP contribution in [-0.2, 0) is 4.79 Å². The van der Waals surface area contributed by atoms with E-state index in [1.807, 2.05) is 0 Å². The van der Waals surface area contributed by atoms with Gasteiger partial charge < -0.3 is 21.9 Å². The zero-order valence-electron chi connectivity index (χ0n) is 7.90. The number of amides is 1. The van der Waals surface area contributed by atoms with Crippen LogP contribution in [0.25, 0.3) is 0 Å². The monoisotopic (exact) mass is 213 g/mol. The van der Waals surface area contributed by atoms with Crippen molar-refractivity contribution in [3.63, 3.8) is 0 Å². The highest BCUT2D eigenvalue weighted by atomic mass is 19.1. The van der Waals surface area contributed by atoms with Gasteiger partial charge in [-0.25, -0.2) is 4.39 Å². The van der Waals surface area contributed by atoms with Crippen LogP contribution in [0.1, 0.15) is 0 Å². The molecule has 0 fully saturated rings. The number of carbonyl (C=O) groups excluding carboxylic acids is 1. The summed E-state index contributed by atoms with van der Waals surface area (Å²) in [6.07, 6.45) is 0. The first-order chi connectivity index (χ1) is 7.04. The largest absolute Gasteiger partial charge is 0.397 e. The molecule has 0 saturated heterocycles. The first-order valence-corrected chi connectivity index (χ1v) is 4.27. The van der Waals surface area contributed by atoms with E-state index in [4.69, 9.17) is 16.6 Å². The van der Waals surface area contributed by atoms with Gasteiger partial charge in [-0.3, -0.25) is 4.79 Å². The van der Waals surface area contributed by atoms with Gasteiger partial charge in [0.15, 0.2) is 0 Å². The Morgan fingerprint density at radius 3 is 2.80 bits per heavy atom. The first-order valence-electron chi connectivity index (χ1n) is 4.27. The molecule has 0 aliphatic rings. The molecule has 1 aromatic rings. The number of nitrogens with one attached hydrogen (secondary N) is 1. The summed E-state index contributed by atoms with van der Waals surface area (Å²) in [6.45, 7) is -0.465. The molecule has 0 saturated carbocycles. The van der Waals surface area contributed by atoms with Gasteiger partial charge in [-0.1, -0.05) is 0 Å². The van der Waals surface area contributed by atoms with Crippen molar-refractivity contribution in [1.82, 2.24) is 0 Å². The van der Waals surface area contributed by atoms with Crippen molar-refractivity contribution in [3.8, 4) is 0 Å². The second-order valence-corrected chi connectivity index (χ2v) is 3.01. The molecule has 82 valence electrons. The fraction of sp³-hybridized carbons (Fsp3) is 0.222. The summed E-state index contributed by atoms with van der Waals surface area (Å²) >= 11 is 0. The number of anilines is 2. The SMILES string of the molecule is Nc1cc(F)ccc1NC(=O)C(N)CO. The van der Waals surface area contributed by atoms with Gasteiger partial charge in [-0.05, 0) is 18.2 Å². The van der Waals surface area contributed by atoms with Gasteiger partial charge in [-0.15, -0.1) is 0 Å². The Kier molecular flexibility index (Phi) is 3.59. The zero-order chi connectivity index (χ0) is 11.4. The van der Waals surface area contributed by atoms with Crippen molar-refractivity contribution in [2.24, 2.45) is 5.73 Å². The van der Waals surface area contributed by atoms with Crippen LogP contribution in [0.2, 0.25) is 0 Å². The van der Waals surface area contributed by atoms with Gasteiger partial charge in [-0.2, -0.15) is 0 Å². The van der Waals surface area contributed by atoms with Gasteiger partial charge in [0.1, 0.15) is 11.9 Å². The topological polar surface area (TPSA) is 101 Å². The lowest BCUT2D eigenvalue weighted by Crippen LogP contribution is -2.38. The molecule has 6 heteroatoms. The van der Waals surface area contributed by atoms with Crippen LogP contribution in [0.15, 0.2) is 18.2 Å². The molecule has 1 unspecified atom stereocenters. The Bertz CT molecular complexity index is 370. The predicted molar refractivity (Wildman–Crippen MR) is 54.5 cm³/mol. The van der Waals surface area contributed by atoms with E-state index in [0.717, 1.165) is 12.1 Å². The number of nitrogens with two attached hydrogens (primary N) is 2. The lowest BCUT2D eigenvalue weighted by atomic mass is 10.2. The van der Waals surface area contributed by atoms with E-state index in [1.165, 1.54) is 6.07 Å². The summed E-state index contributed by atoms with van der Waals surface area (Å²) in [4.78, 5) is 11.2. The summed E-state index contributed by atoms with van der Waals surface area (Å²) in [5.41, 5.74) is 11.1. The van der Waals surface area contributed by atoms with E-state index in [0.29, 0.717) is 0 Å². The average Bonchev–Trinajstić information content (AvgIpc) is 2.20. The Morgan fingerprint density at radius 2 is 2.27 bits per heavy atom. The maximum atomic E-state index is 12.7. The van der Waals surface area contributed by atoms with Gasteiger partial charge >= 0.3 is 0 Å². The number of halogens is 1. The Morgan fingerprint density at radius 1 is 1.60 bits per heavy atom. The molecule has 0 bridgehead atoms. The van der Waals surface area contributed by atoms with Gasteiger partial charge in [0, 0.05) is 0 Å². The molecule has 0 radical (unpaired) electrons. The number of nitrogen functional groups attached to an aromatic ring is 1. The number of aliphatic hydroxyl groups is 1. The smallest absolute Gasteiger partial charge is 0.243 e. The molecular weight excluding hydrogens is 201 g/mol. The fourth-order valence-electron chi connectivity index (χ4n) is 0.956. The number of aliphatic hydroxyl groups excluding tert-OH is 1. The molecule has 1 aromatic carbocycles. The number of hydrogen-bond acceptors (Lipinski definition) is 4. The molecule has 15 heavy (non-hydrogen) atoms. The van der Waals surface area contributed by atoms with Gasteiger partial charge in [0.2, 0.25) is 5.91 Å². The molecule has 1 amide bonds. The fourth-order valence-corrected chi connectivity index (χ4v) is 0.956. The van der Waals surface area contributed by atoms with Crippen molar-refractivity contribution >= 4 is 17.3 Å². The zero-order valence-corrected chi connectivity index (χ0v) is 7.90. The molecule has 0 aliphatic heterocycles. The molecule has 5 nitrogen and oxygen atoms in total. The Labute approximate surface area is 85.9 Å². The van der Waals surface area contributed by atoms with Crippen LogP contribution >= 0.6 is 0 Å². The lowest BCUT2D eigenvalue weighted by Gasteiger charge is -2.11. The summed E-state index contributed by atoms with van der Waals surface area (Å²) < 4.78 is 12.7. The van der Waals surface area contributed by atoms with Crippen LogP contribution in [0.5, 0.6) is 0 Å². The van der Waals surface area contributed by atoms with E-state index in [1.54, 1.807) is 0 Å². The highest BCUT2D eigenvalue weighted by Crippen LogP contribution is 2.18. The molecule has 0 spiro atoms. The van der Waals surface area contributed by atoms with Crippen LogP contribution in [0.4, 0.5) is 15.8 Å². The molecule has 1 rings (SSSR count). The summed E-state index contributed by atoms with van der Waals surface area (Å²) in [7, 11) is 0. The van der Waals surface area contributed by atoms with Crippen molar-refractivity contribution < 1.29 is 14.3 Å². The third-order valence-electron chi connectivity index (χ3n) is 1.80. The molecular formula is C9H12FN3O2. The maximum Gasteiger partial charge on any atom is 0.243 e. The second-order valence-electron chi connectivity index (χ2n) is 3.01. The van der Waals surface area contributed by atoms with Crippen molar-refractivity contribution in [1.29, 1.82) is 0 Å². The highest BCUT2D eigenvalue weighted by Gasteiger charge is 2.13. The minimum Gasteiger partial charge on any atom is -0.397 e. The minimum atomic E-state index is -1.02. The Hall–Kier alpha value is -1.66. The first kappa shape index (κ1) is 11.4. The highest BCUT2D eigenvalue weighted by molar-refractivity contribution is 5.97. The van der Waals surface area contributed by atoms with Crippen molar-refractivity contribution in [2.75, 3.05) is 17.7 Å². The van der Waals surface area contributed by atoms with Crippen LogP contribution < -0.4 is 16.8 Å². The molecule has 6 N–H and O–H groups in total. The quantitative estimate of drug-likeness (QED) is 0.516. The van der Waals surface area contributed by atoms with E-state index in [2.05, 4.69) is 5.32 Å². The third-order valence-corrected chi connectivity index (χ3v) is 1.80. The second kappa shape index (κ2) is 4.72. The van der Waals surface area contributed by atoms with Gasteiger partial charge in [0.25, 0.3) is 0 Å². The maximum absolute atomic E-state index is 12.7. The number of carbonyl (C=O) groups is 1. The van der Waals surface area contributed by atoms with Crippen molar-refractivity contribution in [2.45, 2.75) is 6.04 Å². The van der Waals surface area contributed by atoms with E-state index >= 15 is 0 Å².